The van der Waals surface area contributed by atoms with E-state index in [4.69, 9.17) is 23.2 Å². The van der Waals surface area contributed by atoms with Crippen LogP contribution in [0.4, 0.5) is 5.69 Å². The molecule has 0 fully saturated rings. The molecule has 1 aliphatic heterocycles. The summed E-state index contributed by atoms with van der Waals surface area (Å²) in [6, 6.07) is 25.3. The Kier molecular flexibility index (Phi) is 5.63. The van der Waals surface area contributed by atoms with E-state index >= 15 is 0 Å². The maximum atomic E-state index is 13.9. The molecule has 6 rings (SSSR count). The summed E-state index contributed by atoms with van der Waals surface area (Å²) in [4.78, 5) is 13.9. The predicted octanol–water partition coefficient (Wildman–Crippen LogP) is 7.97. The van der Waals surface area contributed by atoms with E-state index in [9.17, 15) is 4.79 Å². The summed E-state index contributed by atoms with van der Waals surface area (Å²) < 4.78 is 4.45. The molecule has 174 valence electrons. The maximum absolute atomic E-state index is 13.9. The molecule has 2 aromatic heterocycles. The van der Waals surface area contributed by atoms with Crippen LogP contribution in [0.25, 0.3) is 28.0 Å². The number of hydrogen-bond acceptors (Lipinski definition) is 1. The van der Waals surface area contributed by atoms with Crippen LogP contribution in [0.3, 0.4) is 0 Å². The van der Waals surface area contributed by atoms with Crippen LogP contribution in [0.5, 0.6) is 0 Å². The normalized spacial score (nSPS) is 13.1. The second-order valence-corrected chi connectivity index (χ2v) is 9.73. The molecule has 3 heterocycles. The van der Waals surface area contributed by atoms with Crippen LogP contribution in [0, 0.1) is 0 Å². The zero-order valence-corrected chi connectivity index (χ0v) is 20.5. The molecule has 0 atom stereocenters. The van der Waals surface area contributed by atoms with Gasteiger partial charge >= 0.3 is 0 Å². The molecule has 6 heteroatoms. The second-order valence-electron chi connectivity index (χ2n) is 8.85. The average molecular weight is 500 g/mol. The lowest BCUT2D eigenvalue weighted by Crippen LogP contribution is -2.15. The first-order chi connectivity index (χ1) is 17.1. The number of anilines is 1. The standard InChI is InChI=1S/C29H23Cl2N3O/c30-21-11-9-20(10-12-21)26-24-8-4-5-17-33-25(19-6-2-1-3-7-19)18-34(29(24)33)27(26)28(35)32-23-15-13-22(31)14-16-23/h1-3,6-7,9-16,18H,4-5,8,17H2,(H,32,35). The number of carbonyl (C=O) groups is 1. The average Bonchev–Trinajstić information content (AvgIpc) is 3.29. The number of aryl methyl sites for hydroxylation is 2. The molecule has 0 spiro atoms. The zero-order chi connectivity index (χ0) is 23.9. The fourth-order valence-corrected chi connectivity index (χ4v) is 5.35. The molecule has 1 amide bonds. The summed E-state index contributed by atoms with van der Waals surface area (Å²) >= 11 is 12.3. The molecule has 3 aromatic carbocycles. The SMILES string of the molecule is O=C(Nc1ccc(Cl)cc1)c1c(-c2ccc(Cl)cc2)c2c3n(c(-c4ccccc4)cn13)CCCC2. The number of benzene rings is 3. The molecule has 5 aromatic rings. The van der Waals surface area contributed by atoms with Gasteiger partial charge < -0.3 is 9.88 Å². The van der Waals surface area contributed by atoms with Crippen molar-refractivity contribution in [3.63, 3.8) is 0 Å². The number of aromatic nitrogens is 2. The van der Waals surface area contributed by atoms with Gasteiger partial charge in [0.15, 0.2) is 0 Å². The molecule has 0 aliphatic carbocycles. The molecule has 0 saturated carbocycles. The third-order valence-corrected chi connectivity index (χ3v) is 7.16. The number of nitrogens with zero attached hydrogens (tertiary/aromatic N) is 2. The third-order valence-electron chi connectivity index (χ3n) is 6.65. The first kappa shape index (κ1) is 22.0. The summed E-state index contributed by atoms with van der Waals surface area (Å²) in [5.41, 5.74) is 7.84. The second kappa shape index (κ2) is 8.95. The lowest BCUT2D eigenvalue weighted by molar-refractivity contribution is 0.102. The monoisotopic (exact) mass is 499 g/mol. The van der Waals surface area contributed by atoms with Gasteiger partial charge in [-0.25, -0.2) is 0 Å². The van der Waals surface area contributed by atoms with Gasteiger partial charge in [-0.05, 0) is 66.8 Å². The highest BCUT2D eigenvalue weighted by molar-refractivity contribution is 6.31. The zero-order valence-electron chi connectivity index (χ0n) is 19.0. The van der Waals surface area contributed by atoms with Gasteiger partial charge in [0.2, 0.25) is 0 Å². The largest absolute Gasteiger partial charge is 0.325 e. The van der Waals surface area contributed by atoms with Gasteiger partial charge in [0, 0.05) is 39.6 Å². The smallest absolute Gasteiger partial charge is 0.273 e. The fraction of sp³-hybridized carbons (Fsp3) is 0.138. The Bertz CT molecular complexity index is 1530. The van der Waals surface area contributed by atoms with Crippen LogP contribution in [0.2, 0.25) is 10.0 Å². The van der Waals surface area contributed by atoms with Crippen molar-refractivity contribution in [1.82, 2.24) is 8.97 Å². The summed E-state index contributed by atoms with van der Waals surface area (Å²) in [5.74, 6) is -0.157. The molecular weight excluding hydrogens is 477 g/mol. The Morgan fingerprint density at radius 2 is 1.49 bits per heavy atom. The lowest BCUT2D eigenvalue weighted by atomic mass is 9.97. The Balaban J connectivity index is 1.60. The van der Waals surface area contributed by atoms with Crippen molar-refractivity contribution >= 4 is 40.4 Å². The van der Waals surface area contributed by atoms with Gasteiger partial charge in [-0.2, -0.15) is 0 Å². The van der Waals surface area contributed by atoms with Gasteiger partial charge in [0.05, 0.1) is 5.69 Å². The quantitative estimate of drug-likeness (QED) is 0.267. The minimum Gasteiger partial charge on any atom is -0.325 e. The number of amides is 1. The minimum atomic E-state index is -0.157. The summed E-state index contributed by atoms with van der Waals surface area (Å²) in [7, 11) is 0. The molecular formula is C29H23Cl2N3O. The Hall–Kier alpha value is -3.47. The van der Waals surface area contributed by atoms with Crippen molar-refractivity contribution in [3.8, 4) is 22.4 Å². The van der Waals surface area contributed by atoms with E-state index in [0.29, 0.717) is 21.4 Å². The van der Waals surface area contributed by atoms with Crippen molar-refractivity contribution in [2.75, 3.05) is 5.32 Å². The fourth-order valence-electron chi connectivity index (χ4n) is 5.10. The number of rotatable bonds is 4. The highest BCUT2D eigenvalue weighted by atomic mass is 35.5. The van der Waals surface area contributed by atoms with Crippen molar-refractivity contribution in [2.24, 2.45) is 0 Å². The number of halogens is 2. The van der Waals surface area contributed by atoms with Gasteiger partial charge in [-0.15, -0.1) is 0 Å². The highest BCUT2D eigenvalue weighted by Gasteiger charge is 2.29. The van der Waals surface area contributed by atoms with Crippen molar-refractivity contribution in [2.45, 2.75) is 25.8 Å². The van der Waals surface area contributed by atoms with Crippen molar-refractivity contribution < 1.29 is 4.79 Å². The summed E-state index contributed by atoms with van der Waals surface area (Å²) in [5, 5.41) is 4.39. The summed E-state index contributed by atoms with van der Waals surface area (Å²) in [6.07, 6.45) is 5.17. The van der Waals surface area contributed by atoms with E-state index in [0.717, 1.165) is 53.8 Å². The Morgan fingerprint density at radius 1 is 0.800 bits per heavy atom. The lowest BCUT2D eigenvalue weighted by Gasteiger charge is -2.10. The summed E-state index contributed by atoms with van der Waals surface area (Å²) in [6.45, 7) is 0.913. The topological polar surface area (TPSA) is 38.4 Å². The first-order valence-corrected chi connectivity index (χ1v) is 12.5. The molecule has 0 unspecified atom stereocenters. The van der Waals surface area contributed by atoms with Crippen molar-refractivity contribution in [3.05, 3.63) is 106 Å². The van der Waals surface area contributed by atoms with E-state index in [1.54, 1.807) is 12.1 Å². The van der Waals surface area contributed by atoms with Crippen LogP contribution in [0.15, 0.2) is 85.1 Å². The predicted molar refractivity (Wildman–Crippen MR) is 144 cm³/mol. The van der Waals surface area contributed by atoms with Crippen molar-refractivity contribution in [1.29, 1.82) is 0 Å². The van der Waals surface area contributed by atoms with Gasteiger partial charge in [-0.3, -0.25) is 9.20 Å². The van der Waals surface area contributed by atoms with E-state index in [-0.39, 0.29) is 5.91 Å². The van der Waals surface area contributed by atoms with E-state index in [1.807, 2.05) is 42.5 Å². The van der Waals surface area contributed by atoms with Gasteiger partial charge in [0.1, 0.15) is 11.3 Å². The molecule has 1 aliphatic rings. The van der Waals surface area contributed by atoms with Crippen LogP contribution in [-0.4, -0.2) is 14.9 Å². The Morgan fingerprint density at radius 3 is 2.20 bits per heavy atom. The minimum absolute atomic E-state index is 0.157. The van der Waals surface area contributed by atoms with Crippen LogP contribution < -0.4 is 5.32 Å². The van der Waals surface area contributed by atoms with E-state index in [1.165, 1.54) is 5.56 Å². The number of nitrogens with one attached hydrogen (secondary N) is 1. The number of hydrogen-bond donors (Lipinski definition) is 1. The van der Waals surface area contributed by atoms with Crippen LogP contribution >= 0.6 is 23.2 Å². The van der Waals surface area contributed by atoms with Crippen LogP contribution in [-0.2, 0) is 13.0 Å². The van der Waals surface area contributed by atoms with Crippen LogP contribution in [0.1, 0.15) is 28.9 Å². The number of imidazole rings is 1. The number of carbonyl (C=O) groups excluding carboxylic acids is 1. The molecule has 0 saturated heterocycles. The Labute approximate surface area is 213 Å². The molecule has 0 bridgehead atoms. The van der Waals surface area contributed by atoms with E-state index < -0.39 is 0 Å². The molecule has 0 radical (unpaired) electrons. The van der Waals surface area contributed by atoms with Gasteiger partial charge in [0.25, 0.3) is 5.91 Å². The molecule has 1 N–H and O–H groups in total. The third kappa shape index (κ3) is 3.93. The molecule has 4 nitrogen and oxygen atoms in total. The maximum Gasteiger partial charge on any atom is 0.273 e. The van der Waals surface area contributed by atoms with Gasteiger partial charge in [-0.1, -0.05) is 65.7 Å². The first-order valence-electron chi connectivity index (χ1n) is 11.7. The van der Waals surface area contributed by atoms with E-state index in [2.05, 4.69) is 44.7 Å². The highest BCUT2D eigenvalue weighted by Crippen LogP contribution is 2.40. The molecule has 35 heavy (non-hydrogen) atoms.